The van der Waals surface area contributed by atoms with Crippen molar-refractivity contribution in [1.82, 2.24) is 19.8 Å². The molecule has 1 aromatic carbocycles. The van der Waals surface area contributed by atoms with Crippen LogP contribution >= 0.6 is 0 Å². The van der Waals surface area contributed by atoms with E-state index in [1.807, 2.05) is 6.07 Å². The molecule has 0 bridgehead atoms. The Morgan fingerprint density at radius 2 is 1.84 bits per heavy atom. The van der Waals surface area contributed by atoms with E-state index < -0.39 is 11.9 Å². The number of aromatic nitrogens is 2. The SMILES string of the molecule is O=C([C@@H]1CCC[C@H](Nc2ncc(F)c(-c3cccc(N4CCCOC4=O)c3)n2)C1)N1CCC(CCN2CCCCC2)CC1. The molecule has 2 amide bonds. The van der Waals surface area contributed by atoms with E-state index in [0.717, 1.165) is 64.0 Å². The molecule has 3 aliphatic heterocycles. The van der Waals surface area contributed by atoms with Gasteiger partial charge in [0.2, 0.25) is 11.9 Å². The van der Waals surface area contributed by atoms with E-state index in [0.29, 0.717) is 30.4 Å². The second-order valence-corrected chi connectivity index (χ2v) is 12.7. The van der Waals surface area contributed by atoms with Gasteiger partial charge < -0.3 is 19.9 Å². The standard InChI is InChI=1S/C33H45FN6O3/c34-29-23-35-32(37-30(29)25-7-5-10-28(22-25)40-16-6-20-43-33(40)42)36-27-9-4-8-26(21-27)31(41)39-18-12-24(13-19-39)11-17-38-14-2-1-3-15-38/h5,7,10,22-24,26-27H,1-4,6,8-9,11-21H2,(H,35,36,37)/t26-,27+/m1/s1. The number of nitrogens with zero attached hydrogens (tertiary/aromatic N) is 5. The number of anilines is 2. The number of piperidine rings is 2. The molecule has 0 radical (unpaired) electrons. The number of nitrogens with one attached hydrogen (secondary N) is 1. The van der Waals surface area contributed by atoms with Crippen molar-refractivity contribution in [2.24, 2.45) is 11.8 Å². The molecule has 4 fully saturated rings. The van der Waals surface area contributed by atoms with E-state index >= 15 is 0 Å². The fraction of sp³-hybridized carbons (Fsp3) is 0.636. The molecule has 1 aromatic heterocycles. The summed E-state index contributed by atoms with van der Waals surface area (Å²) in [4.78, 5) is 40.8. The van der Waals surface area contributed by atoms with Crippen LogP contribution in [-0.4, -0.2) is 83.7 Å². The summed E-state index contributed by atoms with van der Waals surface area (Å²) in [6.45, 7) is 6.42. The molecule has 6 rings (SSSR count). The van der Waals surface area contributed by atoms with Crippen molar-refractivity contribution in [2.45, 2.75) is 76.7 Å². The number of hydrogen-bond donors (Lipinski definition) is 1. The molecule has 43 heavy (non-hydrogen) atoms. The highest BCUT2D eigenvalue weighted by atomic mass is 19.1. The summed E-state index contributed by atoms with van der Waals surface area (Å²) in [5.41, 5.74) is 1.39. The highest BCUT2D eigenvalue weighted by Crippen LogP contribution is 2.31. The predicted molar refractivity (Wildman–Crippen MR) is 164 cm³/mol. The molecule has 1 saturated carbocycles. The number of amides is 2. The van der Waals surface area contributed by atoms with E-state index in [1.54, 1.807) is 23.1 Å². The Hall–Kier alpha value is -3.27. The van der Waals surface area contributed by atoms with E-state index in [2.05, 4.69) is 25.1 Å². The van der Waals surface area contributed by atoms with Gasteiger partial charge in [0.1, 0.15) is 5.69 Å². The molecule has 2 aromatic rings. The van der Waals surface area contributed by atoms with Gasteiger partial charge in [0, 0.05) is 42.8 Å². The highest BCUT2D eigenvalue weighted by Gasteiger charge is 2.33. The van der Waals surface area contributed by atoms with Crippen molar-refractivity contribution in [1.29, 1.82) is 0 Å². The Morgan fingerprint density at radius 1 is 1.00 bits per heavy atom. The van der Waals surface area contributed by atoms with Crippen LogP contribution in [0.4, 0.5) is 20.8 Å². The van der Waals surface area contributed by atoms with Gasteiger partial charge in [-0.25, -0.2) is 19.2 Å². The first-order valence-electron chi connectivity index (χ1n) is 16.4. The zero-order chi connectivity index (χ0) is 29.6. The molecule has 4 heterocycles. The lowest BCUT2D eigenvalue weighted by atomic mass is 9.84. The minimum absolute atomic E-state index is 0.00273. The molecule has 0 spiro atoms. The highest BCUT2D eigenvalue weighted by molar-refractivity contribution is 5.89. The monoisotopic (exact) mass is 592 g/mol. The lowest BCUT2D eigenvalue weighted by molar-refractivity contribution is -0.138. The summed E-state index contributed by atoms with van der Waals surface area (Å²) in [5, 5.41) is 3.40. The maximum absolute atomic E-state index is 14.9. The van der Waals surface area contributed by atoms with Crippen LogP contribution in [0.5, 0.6) is 0 Å². The minimum Gasteiger partial charge on any atom is -0.449 e. The van der Waals surface area contributed by atoms with Crippen LogP contribution in [0.15, 0.2) is 30.5 Å². The summed E-state index contributed by atoms with van der Waals surface area (Å²) in [6, 6.07) is 7.19. The number of halogens is 1. The van der Waals surface area contributed by atoms with Crippen LogP contribution in [0.1, 0.15) is 70.6 Å². The van der Waals surface area contributed by atoms with Gasteiger partial charge in [0.25, 0.3) is 0 Å². The number of hydrogen-bond acceptors (Lipinski definition) is 7. The third kappa shape index (κ3) is 7.45. The van der Waals surface area contributed by atoms with Crippen molar-refractivity contribution in [2.75, 3.05) is 56.1 Å². The maximum atomic E-state index is 14.9. The van der Waals surface area contributed by atoms with Crippen LogP contribution in [0, 0.1) is 17.7 Å². The van der Waals surface area contributed by atoms with Crippen molar-refractivity contribution >= 4 is 23.6 Å². The molecule has 9 nitrogen and oxygen atoms in total. The number of ether oxygens (including phenoxy) is 1. The maximum Gasteiger partial charge on any atom is 0.414 e. The van der Waals surface area contributed by atoms with Gasteiger partial charge in [0.15, 0.2) is 5.82 Å². The molecule has 10 heteroatoms. The van der Waals surface area contributed by atoms with Crippen molar-refractivity contribution in [3.8, 4) is 11.3 Å². The fourth-order valence-electron chi connectivity index (χ4n) is 7.22. The zero-order valence-corrected chi connectivity index (χ0v) is 25.2. The first-order chi connectivity index (χ1) is 21.0. The molecule has 3 saturated heterocycles. The molecular weight excluding hydrogens is 547 g/mol. The molecule has 2 atom stereocenters. The minimum atomic E-state index is -0.528. The van der Waals surface area contributed by atoms with Crippen molar-refractivity contribution in [3.05, 3.63) is 36.3 Å². The molecule has 1 aliphatic carbocycles. The quantitative estimate of drug-likeness (QED) is 0.420. The van der Waals surface area contributed by atoms with Gasteiger partial charge in [-0.2, -0.15) is 0 Å². The lowest BCUT2D eigenvalue weighted by Crippen LogP contribution is -2.44. The zero-order valence-electron chi connectivity index (χ0n) is 25.2. The van der Waals surface area contributed by atoms with Crippen LogP contribution < -0.4 is 10.2 Å². The summed E-state index contributed by atoms with van der Waals surface area (Å²) in [7, 11) is 0. The lowest BCUT2D eigenvalue weighted by Gasteiger charge is -2.37. The molecule has 1 N–H and O–H groups in total. The topological polar surface area (TPSA) is 90.9 Å². The Kier molecular flexibility index (Phi) is 9.71. The first kappa shape index (κ1) is 29.8. The molecular formula is C33H45FN6O3. The largest absolute Gasteiger partial charge is 0.449 e. The third-order valence-corrected chi connectivity index (χ3v) is 9.73. The summed E-state index contributed by atoms with van der Waals surface area (Å²) < 4.78 is 20.1. The Labute approximate surface area is 254 Å². The van der Waals surface area contributed by atoms with Crippen LogP contribution in [-0.2, 0) is 9.53 Å². The number of likely N-dealkylation sites (tertiary alicyclic amines) is 2. The van der Waals surface area contributed by atoms with E-state index in [-0.39, 0.29) is 23.6 Å². The van der Waals surface area contributed by atoms with E-state index in [1.165, 1.54) is 51.5 Å². The molecule has 4 aliphatic rings. The number of benzene rings is 1. The number of carbonyl (C=O) groups is 2. The van der Waals surface area contributed by atoms with Gasteiger partial charge >= 0.3 is 6.09 Å². The first-order valence-corrected chi connectivity index (χ1v) is 16.4. The average Bonchev–Trinajstić information content (AvgIpc) is 3.05. The van der Waals surface area contributed by atoms with E-state index in [4.69, 9.17) is 4.74 Å². The van der Waals surface area contributed by atoms with E-state index in [9.17, 15) is 14.0 Å². The number of rotatable bonds is 8. The van der Waals surface area contributed by atoms with Crippen LogP contribution in [0.2, 0.25) is 0 Å². The van der Waals surface area contributed by atoms with Gasteiger partial charge in [-0.15, -0.1) is 0 Å². The van der Waals surface area contributed by atoms with Gasteiger partial charge in [-0.1, -0.05) is 25.0 Å². The Morgan fingerprint density at radius 3 is 2.65 bits per heavy atom. The second kappa shape index (κ2) is 14.0. The fourth-order valence-corrected chi connectivity index (χ4v) is 7.22. The van der Waals surface area contributed by atoms with Crippen molar-refractivity contribution < 1.29 is 18.7 Å². The second-order valence-electron chi connectivity index (χ2n) is 12.7. The average molecular weight is 593 g/mol. The van der Waals surface area contributed by atoms with Gasteiger partial charge in [0.05, 0.1) is 12.8 Å². The van der Waals surface area contributed by atoms with Crippen LogP contribution in [0.25, 0.3) is 11.3 Å². The Balaban J connectivity index is 1.03. The van der Waals surface area contributed by atoms with Crippen molar-refractivity contribution in [3.63, 3.8) is 0 Å². The van der Waals surface area contributed by atoms with Gasteiger partial charge in [-0.05, 0) is 95.5 Å². The predicted octanol–water partition coefficient (Wildman–Crippen LogP) is 5.71. The summed E-state index contributed by atoms with van der Waals surface area (Å²) >= 11 is 0. The Bertz CT molecular complexity index is 1260. The molecule has 0 unspecified atom stereocenters. The smallest absolute Gasteiger partial charge is 0.414 e. The normalized spacial score (nSPS) is 24.1. The third-order valence-electron chi connectivity index (χ3n) is 9.73. The number of cyclic esters (lactones) is 1. The summed E-state index contributed by atoms with van der Waals surface area (Å²) in [6.07, 6.45) is 12.6. The molecule has 232 valence electrons. The number of carbonyl (C=O) groups excluding carboxylic acids is 2. The van der Waals surface area contributed by atoms with Gasteiger partial charge in [-0.3, -0.25) is 9.69 Å². The van der Waals surface area contributed by atoms with Crippen LogP contribution in [0.3, 0.4) is 0 Å². The summed E-state index contributed by atoms with van der Waals surface area (Å²) in [5.74, 6) is 0.837.